The topological polar surface area (TPSA) is 58.1 Å². The zero-order valence-corrected chi connectivity index (χ0v) is 8.40. The van der Waals surface area contributed by atoms with E-state index < -0.39 is 0 Å². The number of aromatic nitrogens is 2. The normalized spacial score (nSPS) is 10.3. The Balaban J connectivity index is 2.37. The van der Waals surface area contributed by atoms with Crippen molar-refractivity contribution in [3.8, 4) is 16.9 Å². The van der Waals surface area contributed by atoms with E-state index in [0.29, 0.717) is 0 Å². The number of aromatic amines is 1. The molecule has 1 heterocycles. The smallest absolute Gasteiger partial charge is 0.118 e. The molecule has 0 spiro atoms. The van der Waals surface area contributed by atoms with Gasteiger partial charge in [-0.1, -0.05) is 12.1 Å². The van der Waals surface area contributed by atoms with Crippen LogP contribution in [0.25, 0.3) is 11.1 Å². The highest BCUT2D eigenvalue weighted by Crippen LogP contribution is 2.24. The van der Waals surface area contributed by atoms with Gasteiger partial charge in [0.05, 0.1) is 25.6 Å². The molecule has 0 saturated heterocycles. The van der Waals surface area contributed by atoms with Gasteiger partial charge in [0.25, 0.3) is 0 Å². The molecule has 2 N–H and O–H groups in total. The SMILES string of the molecule is COc1ccc(-c2cn[nH]c2CO)cc1. The maximum Gasteiger partial charge on any atom is 0.118 e. The Morgan fingerprint density at radius 3 is 2.67 bits per heavy atom. The number of H-pyrrole nitrogens is 1. The highest BCUT2D eigenvalue weighted by Gasteiger charge is 2.06. The van der Waals surface area contributed by atoms with Crippen LogP contribution >= 0.6 is 0 Å². The van der Waals surface area contributed by atoms with Crippen molar-refractivity contribution in [2.45, 2.75) is 6.61 Å². The fourth-order valence-electron chi connectivity index (χ4n) is 1.45. The van der Waals surface area contributed by atoms with Crippen LogP contribution < -0.4 is 4.74 Å². The van der Waals surface area contributed by atoms with E-state index in [1.807, 2.05) is 24.3 Å². The number of aliphatic hydroxyl groups is 1. The highest BCUT2D eigenvalue weighted by molar-refractivity contribution is 5.65. The van der Waals surface area contributed by atoms with Crippen LogP contribution in [0.1, 0.15) is 5.69 Å². The Morgan fingerprint density at radius 1 is 1.33 bits per heavy atom. The number of nitrogens with zero attached hydrogens (tertiary/aromatic N) is 1. The summed E-state index contributed by atoms with van der Waals surface area (Å²) in [6.45, 7) is -0.0403. The lowest BCUT2D eigenvalue weighted by Crippen LogP contribution is -1.87. The molecule has 0 saturated carbocycles. The minimum atomic E-state index is -0.0403. The van der Waals surface area contributed by atoms with Crippen LogP contribution in [0.4, 0.5) is 0 Å². The number of hydrogen-bond acceptors (Lipinski definition) is 3. The maximum atomic E-state index is 9.07. The fourth-order valence-corrected chi connectivity index (χ4v) is 1.45. The zero-order valence-electron chi connectivity index (χ0n) is 8.40. The van der Waals surface area contributed by atoms with E-state index in [1.165, 1.54) is 0 Å². The molecule has 2 rings (SSSR count). The molecule has 0 unspecified atom stereocenters. The molecule has 0 fully saturated rings. The molecule has 1 aromatic heterocycles. The molecule has 4 nitrogen and oxygen atoms in total. The number of hydrogen-bond donors (Lipinski definition) is 2. The molecule has 0 aliphatic carbocycles. The predicted octanol–water partition coefficient (Wildman–Crippen LogP) is 1.58. The summed E-state index contributed by atoms with van der Waals surface area (Å²) in [6, 6.07) is 7.62. The van der Waals surface area contributed by atoms with Gasteiger partial charge in [-0.25, -0.2) is 0 Å². The van der Waals surface area contributed by atoms with Crippen molar-refractivity contribution >= 4 is 0 Å². The lowest BCUT2D eigenvalue weighted by atomic mass is 10.1. The summed E-state index contributed by atoms with van der Waals surface area (Å²) in [5.74, 6) is 0.813. The molecule has 4 heteroatoms. The lowest BCUT2D eigenvalue weighted by molar-refractivity contribution is 0.277. The van der Waals surface area contributed by atoms with E-state index in [9.17, 15) is 0 Å². The lowest BCUT2D eigenvalue weighted by Gasteiger charge is -2.02. The van der Waals surface area contributed by atoms with Gasteiger partial charge in [-0.05, 0) is 17.7 Å². The molecule has 15 heavy (non-hydrogen) atoms. The van der Waals surface area contributed by atoms with Gasteiger partial charge in [0, 0.05) is 5.56 Å². The maximum absolute atomic E-state index is 9.07. The predicted molar refractivity (Wildman–Crippen MR) is 56.5 cm³/mol. The second-order valence-corrected chi connectivity index (χ2v) is 3.15. The molecule has 2 aromatic rings. The van der Waals surface area contributed by atoms with Crippen LogP contribution in [-0.2, 0) is 6.61 Å². The third-order valence-corrected chi connectivity index (χ3v) is 2.28. The molecule has 78 valence electrons. The van der Waals surface area contributed by atoms with Crippen LogP contribution in [0.3, 0.4) is 0 Å². The summed E-state index contributed by atoms with van der Waals surface area (Å²) >= 11 is 0. The molecule has 0 bridgehead atoms. The average molecular weight is 204 g/mol. The molecular weight excluding hydrogens is 192 g/mol. The quantitative estimate of drug-likeness (QED) is 0.798. The van der Waals surface area contributed by atoms with Crippen molar-refractivity contribution in [2.24, 2.45) is 0 Å². The minimum Gasteiger partial charge on any atom is -0.497 e. The zero-order chi connectivity index (χ0) is 10.7. The largest absolute Gasteiger partial charge is 0.497 e. The van der Waals surface area contributed by atoms with Gasteiger partial charge in [-0.2, -0.15) is 5.10 Å². The summed E-state index contributed by atoms with van der Waals surface area (Å²) < 4.78 is 5.07. The Morgan fingerprint density at radius 2 is 2.07 bits per heavy atom. The standard InChI is InChI=1S/C11H12N2O2/c1-15-9-4-2-8(3-5-9)10-6-12-13-11(10)7-14/h2-6,14H,7H2,1H3,(H,12,13). The van der Waals surface area contributed by atoms with Crippen LogP contribution in [0.15, 0.2) is 30.5 Å². The molecule has 1 aromatic carbocycles. The first kappa shape index (κ1) is 9.73. The second kappa shape index (κ2) is 4.14. The van der Waals surface area contributed by atoms with Crippen molar-refractivity contribution in [1.29, 1.82) is 0 Å². The second-order valence-electron chi connectivity index (χ2n) is 3.15. The third kappa shape index (κ3) is 1.85. The van der Waals surface area contributed by atoms with Gasteiger partial charge in [0.15, 0.2) is 0 Å². The van der Waals surface area contributed by atoms with Crippen LogP contribution in [-0.4, -0.2) is 22.4 Å². The van der Waals surface area contributed by atoms with Gasteiger partial charge in [-0.3, -0.25) is 5.10 Å². The van der Waals surface area contributed by atoms with Crippen molar-refractivity contribution in [3.05, 3.63) is 36.2 Å². The molecule has 0 radical (unpaired) electrons. The van der Waals surface area contributed by atoms with Gasteiger partial charge >= 0.3 is 0 Å². The van der Waals surface area contributed by atoms with Crippen LogP contribution in [0.5, 0.6) is 5.75 Å². The Hall–Kier alpha value is -1.81. The first-order valence-electron chi connectivity index (χ1n) is 4.62. The number of methoxy groups -OCH3 is 1. The van der Waals surface area contributed by atoms with E-state index in [-0.39, 0.29) is 6.61 Å². The van der Waals surface area contributed by atoms with Gasteiger partial charge in [0.2, 0.25) is 0 Å². The Bertz CT molecular complexity index is 434. The summed E-state index contributed by atoms with van der Waals surface area (Å²) in [4.78, 5) is 0. The molecular formula is C11H12N2O2. The molecule has 0 atom stereocenters. The highest BCUT2D eigenvalue weighted by atomic mass is 16.5. The van der Waals surface area contributed by atoms with Gasteiger partial charge in [0.1, 0.15) is 5.75 Å². The average Bonchev–Trinajstić information content (AvgIpc) is 2.77. The summed E-state index contributed by atoms with van der Waals surface area (Å²) in [5.41, 5.74) is 2.65. The van der Waals surface area contributed by atoms with Gasteiger partial charge in [-0.15, -0.1) is 0 Å². The summed E-state index contributed by atoms with van der Waals surface area (Å²) in [6.07, 6.45) is 1.70. The summed E-state index contributed by atoms with van der Waals surface area (Å²) in [7, 11) is 1.63. The van der Waals surface area contributed by atoms with Crippen molar-refractivity contribution in [3.63, 3.8) is 0 Å². The van der Waals surface area contributed by atoms with E-state index in [1.54, 1.807) is 13.3 Å². The number of rotatable bonds is 3. The number of aliphatic hydroxyl groups excluding tert-OH is 1. The van der Waals surface area contributed by atoms with Crippen molar-refractivity contribution in [1.82, 2.24) is 10.2 Å². The van der Waals surface area contributed by atoms with Crippen LogP contribution in [0, 0.1) is 0 Å². The molecule has 0 amide bonds. The fraction of sp³-hybridized carbons (Fsp3) is 0.182. The number of benzene rings is 1. The minimum absolute atomic E-state index is 0.0403. The monoisotopic (exact) mass is 204 g/mol. The van der Waals surface area contributed by atoms with Crippen molar-refractivity contribution in [2.75, 3.05) is 7.11 Å². The van der Waals surface area contributed by atoms with Crippen LogP contribution in [0.2, 0.25) is 0 Å². The van der Waals surface area contributed by atoms with E-state index in [0.717, 1.165) is 22.6 Å². The number of ether oxygens (including phenoxy) is 1. The van der Waals surface area contributed by atoms with Crippen molar-refractivity contribution < 1.29 is 9.84 Å². The van der Waals surface area contributed by atoms with E-state index >= 15 is 0 Å². The van der Waals surface area contributed by atoms with E-state index in [2.05, 4.69) is 10.2 Å². The first-order valence-corrected chi connectivity index (χ1v) is 4.62. The third-order valence-electron chi connectivity index (χ3n) is 2.28. The Labute approximate surface area is 87.5 Å². The van der Waals surface area contributed by atoms with E-state index in [4.69, 9.17) is 9.84 Å². The first-order chi connectivity index (χ1) is 7.35. The molecule has 0 aliphatic heterocycles. The molecule has 0 aliphatic rings. The summed E-state index contributed by atoms with van der Waals surface area (Å²) in [5, 5.41) is 15.7. The number of nitrogens with one attached hydrogen (secondary N) is 1. The Kier molecular flexibility index (Phi) is 2.69. The van der Waals surface area contributed by atoms with Gasteiger partial charge < -0.3 is 9.84 Å².